The zero-order chi connectivity index (χ0) is 10.6. The second kappa shape index (κ2) is 4.65. The Bertz CT molecular complexity index is 334. The summed E-state index contributed by atoms with van der Waals surface area (Å²) < 4.78 is 4.56. The van der Waals surface area contributed by atoms with Crippen LogP contribution in [0.25, 0.3) is 0 Å². The molecule has 0 heterocycles. The number of hydrogen-bond acceptors (Lipinski definition) is 2. The summed E-state index contributed by atoms with van der Waals surface area (Å²) in [5, 5.41) is 2.72. The summed E-state index contributed by atoms with van der Waals surface area (Å²) in [5.41, 5.74) is 3.03. The molecule has 0 aromatic heterocycles. The van der Waals surface area contributed by atoms with Gasteiger partial charge in [-0.2, -0.15) is 0 Å². The van der Waals surface area contributed by atoms with Crippen LogP contribution in [0.3, 0.4) is 0 Å². The number of aryl methyl sites for hydroxylation is 2. The minimum atomic E-state index is -0.422. The molecule has 0 saturated carbocycles. The Kier molecular flexibility index (Phi) is 3.51. The smallest absolute Gasteiger partial charge is 0.411 e. The molecular weight excluding hydrogens is 178 g/mol. The number of para-hydroxylation sites is 1. The Morgan fingerprint density at radius 2 is 2.21 bits per heavy atom. The number of nitrogens with one attached hydrogen (secondary N) is 1. The van der Waals surface area contributed by atoms with E-state index in [4.69, 9.17) is 0 Å². The highest BCUT2D eigenvalue weighted by atomic mass is 16.5. The molecule has 76 valence electrons. The van der Waals surface area contributed by atoms with E-state index in [0.717, 1.165) is 23.2 Å². The van der Waals surface area contributed by atoms with E-state index in [0.29, 0.717) is 0 Å². The summed E-state index contributed by atoms with van der Waals surface area (Å²) in [4.78, 5) is 11.1. The Labute approximate surface area is 84.1 Å². The van der Waals surface area contributed by atoms with Crippen LogP contribution in [0.5, 0.6) is 0 Å². The predicted octanol–water partition coefficient (Wildman–Crippen LogP) is 2.74. The highest BCUT2D eigenvalue weighted by Gasteiger charge is 2.07. The fraction of sp³-hybridized carbons (Fsp3) is 0.364. The lowest BCUT2D eigenvalue weighted by Crippen LogP contribution is -2.13. The number of rotatable bonds is 2. The first kappa shape index (κ1) is 10.6. The third-order valence-electron chi connectivity index (χ3n) is 2.15. The zero-order valence-electron chi connectivity index (χ0n) is 8.76. The number of ether oxygens (including phenoxy) is 1. The minimum Gasteiger partial charge on any atom is -0.453 e. The number of benzene rings is 1. The third kappa shape index (κ3) is 2.25. The lowest BCUT2D eigenvalue weighted by atomic mass is 10.1. The Morgan fingerprint density at radius 3 is 2.79 bits per heavy atom. The van der Waals surface area contributed by atoms with Gasteiger partial charge in [0.1, 0.15) is 0 Å². The molecule has 1 amide bonds. The standard InChI is InChI=1S/C11H15NO2/c1-4-9-7-5-6-8(2)10(9)12-11(13)14-3/h5-7H,4H2,1-3H3,(H,12,13). The lowest BCUT2D eigenvalue weighted by molar-refractivity contribution is 0.187. The molecule has 0 spiro atoms. The van der Waals surface area contributed by atoms with Crippen molar-refractivity contribution in [3.05, 3.63) is 29.3 Å². The van der Waals surface area contributed by atoms with Crippen LogP contribution >= 0.6 is 0 Å². The molecule has 1 N–H and O–H groups in total. The molecular formula is C11H15NO2. The zero-order valence-corrected chi connectivity index (χ0v) is 8.76. The number of carbonyl (C=O) groups excluding carboxylic acids is 1. The van der Waals surface area contributed by atoms with Crippen LogP contribution in [0.15, 0.2) is 18.2 Å². The fourth-order valence-electron chi connectivity index (χ4n) is 1.36. The SMILES string of the molecule is CCc1cccc(C)c1NC(=O)OC. The topological polar surface area (TPSA) is 38.3 Å². The second-order valence-corrected chi connectivity index (χ2v) is 3.08. The van der Waals surface area contributed by atoms with Crippen LogP contribution in [0.4, 0.5) is 10.5 Å². The number of amides is 1. The van der Waals surface area contributed by atoms with E-state index in [1.807, 2.05) is 25.1 Å². The molecule has 0 aliphatic rings. The molecule has 0 aliphatic carbocycles. The average molecular weight is 193 g/mol. The summed E-state index contributed by atoms with van der Waals surface area (Å²) in [6.45, 7) is 4.02. The van der Waals surface area contributed by atoms with Crippen molar-refractivity contribution in [2.75, 3.05) is 12.4 Å². The number of hydrogen-bond donors (Lipinski definition) is 1. The Hall–Kier alpha value is -1.51. The van der Waals surface area contributed by atoms with Crippen molar-refractivity contribution >= 4 is 11.8 Å². The molecule has 0 fully saturated rings. The predicted molar refractivity (Wildman–Crippen MR) is 56.6 cm³/mol. The van der Waals surface area contributed by atoms with Crippen molar-refractivity contribution in [3.8, 4) is 0 Å². The monoisotopic (exact) mass is 193 g/mol. The van der Waals surface area contributed by atoms with Crippen LogP contribution < -0.4 is 5.32 Å². The van der Waals surface area contributed by atoms with Gasteiger partial charge in [-0.3, -0.25) is 5.32 Å². The molecule has 3 heteroatoms. The summed E-state index contributed by atoms with van der Waals surface area (Å²) in [7, 11) is 1.36. The first-order valence-corrected chi connectivity index (χ1v) is 4.62. The van der Waals surface area contributed by atoms with Gasteiger partial charge in [-0.05, 0) is 24.5 Å². The van der Waals surface area contributed by atoms with E-state index in [-0.39, 0.29) is 0 Å². The van der Waals surface area contributed by atoms with Gasteiger partial charge in [-0.1, -0.05) is 25.1 Å². The van der Waals surface area contributed by atoms with Gasteiger partial charge < -0.3 is 4.74 Å². The van der Waals surface area contributed by atoms with E-state index < -0.39 is 6.09 Å². The van der Waals surface area contributed by atoms with E-state index in [2.05, 4.69) is 17.0 Å². The first-order chi connectivity index (χ1) is 6.69. The minimum absolute atomic E-state index is 0.422. The molecule has 0 bridgehead atoms. The highest BCUT2D eigenvalue weighted by Crippen LogP contribution is 2.20. The Balaban J connectivity index is 2.98. The molecule has 0 atom stereocenters. The van der Waals surface area contributed by atoms with Crippen molar-refractivity contribution in [1.82, 2.24) is 0 Å². The van der Waals surface area contributed by atoms with Crippen LogP contribution in [-0.2, 0) is 11.2 Å². The molecule has 0 radical (unpaired) electrons. The molecule has 14 heavy (non-hydrogen) atoms. The van der Waals surface area contributed by atoms with E-state index >= 15 is 0 Å². The van der Waals surface area contributed by atoms with Crippen molar-refractivity contribution in [2.45, 2.75) is 20.3 Å². The van der Waals surface area contributed by atoms with Gasteiger partial charge in [0, 0.05) is 0 Å². The van der Waals surface area contributed by atoms with Gasteiger partial charge in [0.2, 0.25) is 0 Å². The molecule has 1 aromatic rings. The van der Waals surface area contributed by atoms with Gasteiger partial charge in [0.05, 0.1) is 12.8 Å². The Morgan fingerprint density at radius 1 is 1.50 bits per heavy atom. The van der Waals surface area contributed by atoms with Gasteiger partial charge in [-0.25, -0.2) is 4.79 Å². The highest BCUT2D eigenvalue weighted by molar-refractivity contribution is 5.86. The molecule has 0 aliphatic heterocycles. The lowest BCUT2D eigenvalue weighted by Gasteiger charge is -2.11. The van der Waals surface area contributed by atoms with Crippen molar-refractivity contribution in [3.63, 3.8) is 0 Å². The van der Waals surface area contributed by atoms with Gasteiger partial charge >= 0.3 is 6.09 Å². The van der Waals surface area contributed by atoms with Gasteiger partial charge in [0.15, 0.2) is 0 Å². The van der Waals surface area contributed by atoms with Crippen molar-refractivity contribution in [2.24, 2.45) is 0 Å². The van der Waals surface area contributed by atoms with Crippen LogP contribution in [0.1, 0.15) is 18.1 Å². The van der Waals surface area contributed by atoms with Crippen LogP contribution in [-0.4, -0.2) is 13.2 Å². The van der Waals surface area contributed by atoms with Crippen LogP contribution in [0.2, 0.25) is 0 Å². The average Bonchev–Trinajstić information content (AvgIpc) is 2.20. The van der Waals surface area contributed by atoms with Crippen LogP contribution in [0, 0.1) is 6.92 Å². The molecule has 3 nitrogen and oxygen atoms in total. The first-order valence-electron chi connectivity index (χ1n) is 4.62. The maximum atomic E-state index is 11.1. The molecule has 0 unspecified atom stereocenters. The fourth-order valence-corrected chi connectivity index (χ4v) is 1.36. The summed E-state index contributed by atoms with van der Waals surface area (Å²) in [6.07, 6.45) is 0.468. The number of carbonyl (C=O) groups is 1. The maximum absolute atomic E-state index is 11.1. The quantitative estimate of drug-likeness (QED) is 0.784. The number of methoxy groups -OCH3 is 1. The third-order valence-corrected chi connectivity index (χ3v) is 2.15. The molecule has 1 aromatic carbocycles. The number of anilines is 1. The van der Waals surface area contributed by atoms with Crippen molar-refractivity contribution in [1.29, 1.82) is 0 Å². The summed E-state index contributed by atoms with van der Waals surface area (Å²) in [6, 6.07) is 5.94. The van der Waals surface area contributed by atoms with Crippen molar-refractivity contribution < 1.29 is 9.53 Å². The largest absolute Gasteiger partial charge is 0.453 e. The summed E-state index contributed by atoms with van der Waals surface area (Å²) >= 11 is 0. The van der Waals surface area contributed by atoms with E-state index in [1.165, 1.54) is 7.11 Å². The normalized spacial score (nSPS) is 9.64. The maximum Gasteiger partial charge on any atom is 0.411 e. The van der Waals surface area contributed by atoms with E-state index in [1.54, 1.807) is 0 Å². The summed E-state index contributed by atoms with van der Waals surface area (Å²) in [5.74, 6) is 0. The van der Waals surface area contributed by atoms with Gasteiger partial charge in [-0.15, -0.1) is 0 Å². The van der Waals surface area contributed by atoms with E-state index in [9.17, 15) is 4.79 Å². The molecule has 1 rings (SSSR count). The molecule has 0 saturated heterocycles. The van der Waals surface area contributed by atoms with Gasteiger partial charge in [0.25, 0.3) is 0 Å². The second-order valence-electron chi connectivity index (χ2n) is 3.08.